The fourth-order valence-electron chi connectivity index (χ4n) is 5.37. The van der Waals surface area contributed by atoms with Crippen molar-refractivity contribution in [2.45, 2.75) is 13.5 Å². The standard InChI is InChI=1S/C32H43ClN8O5/c1-23-19-25(3-6-28(23)40-10-8-39(9-11-40)12-14-45-16-18-46-17-15-44-13-7-34)36-31-35-21-24-22-41(32(42)38-30(24)37-31)29-20-26(43-2)4-5-27(29)33/h3-6,19-21H,7-18,22,34H2,1-2H3,(H2,35,36,37,38,42). The highest BCUT2D eigenvalue weighted by atomic mass is 35.5. The first-order valence-electron chi connectivity index (χ1n) is 15.5. The normalized spacial score (nSPS) is 15.1. The van der Waals surface area contributed by atoms with Crippen molar-refractivity contribution in [3.8, 4) is 5.75 Å². The summed E-state index contributed by atoms with van der Waals surface area (Å²) in [5.74, 6) is 1.47. The number of benzene rings is 2. The molecular weight excluding hydrogens is 612 g/mol. The number of nitrogens with zero attached hydrogens (tertiary/aromatic N) is 5. The molecule has 0 saturated carbocycles. The number of nitrogens with one attached hydrogen (secondary N) is 2. The zero-order chi connectivity index (χ0) is 32.3. The number of carbonyl (C=O) groups excluding carboxylic acids is 1. The minimum absolute atomic E-state index is 0.282. The number of methoxy groups -OCH3 is 1. The van der Waals surface area contributed by atoms with Crippen molar-refractivity contribution in [3.05, 3.63) is 58.7 Å². The van der Waals surface area contributed by atoms with Gasteiger partial charge in [-0.15, -0.1) is 0 Å². The van der Waals surface area contributed by atoms with Crippen LogP contribution in [0.4, 0.5) is 33.6 Å². The molecule has 4 N–H and O–H groups in total. The monoisotopic (exact) mass is 654 g/mol. The van der Waals surface area contributed by atoms with E-state index in [1.54, 1.807) is 36.4 Å². The van der Waals surface area contributed by atoms with Crippen LogP contribution >= 0.6 is 11.6 Å². The lowest BCUT2D eigenvalue weighted by Gasteiger charge is -2.36. The quantitative estimate of drug-likeness (QED) is 0.194. The maximum Gasteiger partial charge on any atom is 0.327 e. The first-order chi connectivity index (χ1) is 22.4. The topological polar surface area (TPSA) is 140 Å². The van der Waals surface area contributed by atoms with Gasteiger partial charge in [0, 0.05) is 68.5 Å². The summed E-state index contributed by atoms with van der Waals surface area (Å²) in [7, 11) is 1.57. The number of aromatic nitrogens is 2. The zero-order valence-electron chi connectivity index (χ0n) is 26.5. The summed E-state index contributed by atoms with van der Waals surface area (Å²) in [6.45, 7) is 11.2. The molecule has 0 aliphatic carbocycles. The van der Waals surface area contributed by atoms with E-state index in [4.69, 9.17) is 36.3 Å². The lowest BCUT2D eigenvalue weighted by Crippen LogP contribution is -2.47. The van der Waals surface area contributed by atoms with Gasteiger partial charge in [0.25, 0.3) is 0 Å². The maximum absolute atomic E-state index is 13.0. The van der Waals surface area contributed by atoms with Crippen molar-refractivity contribution in [3.63, 3.8) is 0 Å². The number of nitrogens with two attached hydrogens (primary N) is 1. The van der Waals surface area contributed by atoms with E-state index in [-0.39, 0.29) is 12.6 Å². The Morgan fingerprint density at radius 2 is 1.70 bits per heavy atom. The second-order valence-electron chi connectivity index (χ2n) is 11.0. The molecule has 2 aliphatic heterocycles. The predicted molar refractivity (Wildman–Crippen MR) is 180 cm³/mol. The molecule has 3 heterocycles. The fraction of sp³-hybridized carbons (Fsp3) is 0.469. The van der Waals surface area contributed by atoms with E-state index in [2.05, 4.69) is 49.5 Å². The van der Waals surface area contributed by atoms with E-state index in [1.807, 2.05) is 6.07 Å². The third-order valence-corrected chi connectivity index (χ3v) is 8.15. The number of hydrogen-bond donors (Lipinski definition) is 3. The van der Waals surface area contributed by atoms with Crippen LogP contribution in [0.1, 0.15) is 11.1 Å². The molecular formula is C32H43ClN8O5. The Morgan fingerprint density at radius 1 is 0.957 bits per heavy atom. The molecule has 2 amide bonds. The number of urea groups is 1. The lowest BCUT2D eigenvalue weighted by molar-refractivity contribution is 0.0116. The van der Waals surface area contributed by atoms with Gasteiger partial charge in [-0.3, -0.25) is 15.1 Å². The number of ether oxygens (including phenoxy) is 4. The Bertz CT molecular complexity index is 1460. The average Bonchev–Trinajstić information content (AvgIpc) is 3.06. The molecule has 46 heavy (non-hydrogen) atoms. The van der Waals surface area contributed by atoms with E-state index in [0.29, 0.717) is 74.4 Å². The molecule has 0 atom stereocenters. The number of fused-ring (bicyclic) bond motifs is 1. The van der Waals surface area contributed by atoms with Gasteiger partial charge in [-0.05, 0) is 42.8 Å². The number of amides is 2. The molecule has 1 aromatic heterocycles. The molecule has 5 rings (SSSR count). The minimum Gasteiger partial charge on any atom is -0.497 e. The largest absolute Gasteiger partial charge is 0.497 e. The molecule has 13 nitrogen and oxygen atoms in total. The first kappa shape index (κ1) is 33.6. The van der Waals surface area contributed by atoms with Gasteiger partial charge < -0.3 is 34.9 Å². The van der Waals surface area contributed by atoms with Gasteiger partial charge in [0.15, 0.2) is 0 Å². The van der Waals surface area contributed by atoms with Crippen LogP contribution in [0.2, 0.25) is 5.02 Å². The number of aryl methyl sites for hydroxylation is 1. The average molecular weight is 655 g/mol. The molecule has 0 radical (unpaired) electrons. The van der Waals surface area contributed by atoms with Gasteiger partial charge in [0.2, 0.25) is 5.95 Å². The number of piperazine rings is 1. The van der Waals surface area contributed by atoms with E-state index < -0.39 is 0 Å². The zero-order valence-corrected chi connectivity index (χ0v) is 27.2. The van der Waals surface area contributed by atoms with Gasteiger partial charge in [0.05, 0.1) is 64.0 Å². The Labute approximate surface area is 274 Å². The Hall–Kier alpha value is -3.72. The molecule has 1 saturated heterocycles. The predicted octanol–water partition coefficient (Wildman–Crippen LogP) is 3.87. The van der Waals surface area contributed by atoms with E-state index in [9.17, 15) is 4.79 Å². The van der Waals surface area contributed by atoms with E-state index >= 15 is 0 Å². The summed E-state index contributed by atoms with van der Waals surface area (Å²) >= 11 is 6.39. The van der Waals surface area contributed by atoms with Crippen molar-refractivity contribution in [1.29, 1.82) is 0 Å². The molecule has 2 aliphatic rings. The van der Waals surface area contributed by atoms with Crippen LogP contribution in [-0.4, -0.2) is 107 Å². The second kappa shape index (κ2) is 16.7. The van der Waals surface area contributed by atoms with E-state index in [0.717, 1.165) is 49.5 Å². The lowest BCUT2D eigenvalue weighted by atomic mass is 10.1. The van der Waals surface area contributed by atoms with Crippen LogP contribution in [0.3, 0.4) is 0 Å². The number of anilines is 5. The van der Waals surface area contributed by atoms with Crippen LogP contribution in [0.15, 0.2) is 42.6 Å². The maximum atomic E-state index is 13.0. The van der Waals surface area contributed by atoms with Crippen molar-refractivity contribution in [2.75, 3.05) is 106 Å². The highest BCUT2D eigenvalue weighted by Gasteiger charge is 2.27. The van der Waals surface area contributed by atoms with Crippen LogP contribution < -0.4 is 30.9 Å². The van der Waals surface area contributed by atoms with Gasteiger partial charge in [-0.1, -0.05) is 11.6 Å². The first-order valence-corrected chi connectivity index (χ1v) is 15.9. The van der Waals surface area contributed by atoms with Crippen LogP contribution in [-0.2, 0) is 20.8 Å². The third kappa shape index (κ3) is 8.96. The smallest absolute Gasteiger partial charge is 0.327 e. The molecule has 1 fully saturated rings. The van der Waals surface area contributed by atoms with Crippen molar-refractivity contribution in [1.82, 2.24) is 14.9 Å². The number of rotatable bonds is 16. The fourth-order valence-corrected chi connectivity index (χ4v) is 5.59. The van der Waals surface area contributed by atoms with E-state index in [1.165, 1.54) is 5.69 Å². The summed E-state index contributed by atoms with van der Waals surface area (Å²) in [5.41, 5.74) is 9.95. The molecule has 0 spiro atoms. The van der Waals surface area contributed by atoms with Gasteiger partial charge in [-0.25, -0.2) is 9.78 Å². The summed E-state index contributed by atoms with van der Waals surface area (Å²) in [6.07, 6.45) is 1.71. The Kier molecular flexibility index (Phi) is 12.2. The summed E-state index contributed by atoms with van der Waals surface area (Å²) in [4.78, 5) is 28.4. The number of carbonyl (C=O) groups is 1. The third-order valence-electron chi connectivity index (χ3n) is 7.83. The van der Waals surface area contributed by atoms with Gasteiger partial charge in [0.1, 0.15) is 11.6 Å². The molecule has 14 heteroatoms. The van der Waals surface area contributed by atoms with Gasteiger partial charge in [-0.2, -0.15) is 4.98 Å². The molecule has 2 aromatic carbocycles. The highest BCUT2D eigenvalue weighted by Crippen LogP contribution is 2.34. The SMILES string of the molecule is COc1ccc(Cl)c(N2Cc3cnc(Nc4ccc(N5CCN(CCOCCOCCOCCN)CC5)c(C)c4)nc3NC2=O)c1. The van der Waals surface area contributed by atoms with Gasteiger partial charge >= 0.3 is 6.03 Å². The van der Waals surface area contributed by atoms with Crippen LogP contribution in [0.5, 0.6) is 5.75 Å². The minimum atomic E-state index is -0.328. The van der Waals surface area contributed by atoms with Crippen molar-refractivity contribution in [2.24, 2.45) is 5.73 Å². The Morgan fingerprint density at radius 3 is 2.41 bits per heavy atom. The van der Waals surface area contributed by atoms with Crippen molar-refractivity contribution >= 4 is 46.5 Å². The molecule has 0 unspecified atom stereocenters. The van der Waals surface area contributed by atoms with Crippen LogP contribution in [0.25, 0.3) is 0 Å². The summed E-state index contributed by atoms with van der Waals surface area (Å²) in [5, 5.41) is 6.59. The second-order valence-corrected chi connectivity index (χ2v) is 11.4. The number of halogens is 1. The summed E-state index contributed by atoms with van der Waals surface area (Å²) in [6, 6.07) is 11.1. The number of hydrogen-bond acceptors (Lipinski definition) is 11. The summed E-state index contributed by atoms with van der Waals surface area (Å²) < 4.78 is 21.8. The molecule has 3 aromatic rings. The highest BCUT2D eigenvalue weighted by molar-refractivity contribution is 6.34. The Balaban J connectivity index is 1.07. The van der Waals surface area contributed by atoms with Crippen molar-refractivity contribution < 1.29 is 23.7 Å². The molecule has 248 valence electrons. The van der Waals surface area contributed by atoms with Crippen LogP contribution in [0, 0.1) is 6.92 Å². The molecule has 0 bridgehead atoms.